The Morgan fingerprint density at radius 3 is 2.70 bits per heavy atom. The third-order valence-electron chi connectivity index (χ3n) is 2.76. The molecule has 0 amide bonds. The molecule has 7 heteroatoms. The number of amidine groups is 1. The fourth-order valence-corrected chi connectivity index (χ4v) is 2.30. The van der Waals surface area contributed by atoms with E-state index in [1.165, 1.54) is 17.4 Å². The first kappa shape index (κ1) is 14.5. The SMILES string of the molecule is CC[C@@H](/N=C(\N)c1nccs1)c1ccc(F)c(F)c1F. The van der Waals surface area contributed by atoms with E-state index in [2.05, 4.69) is 9.98 Å². The minimum absolute atomic E-state index is 0.0223. The van der Waals surface area contributed by atoms with Gasteiger partial charge in [0.2, 0.25) is 0 Å². The van der Waals surface area contributed by atoms with Gasteiger partial charge in [0.05, 0.1) is 6.04 Å². The van der Waals surface area contributed by atoms with Gasteiger partial charge in [0.25, 0.3) is 0 Å². The second-order valence-corrected chi connectivity index (χ2v) is 4.93. The molecule has 0 spiro atoms. The van der Waals surface area contributed by atoms with Crippen LogP contribution in [0.3, 0.4) is 0 Å². The van der Waals surface area contributed by atoms with Crippen LogP contribution in [0, 0.1) is 17.5 Å². The molecular formula is C13H12F3N3S. The van der Waals surface area contributed by atoms with Gasteiger partial charge in [-0.3, -0.25) is 4.99 Å². The van der Waals surface area contributed by atoms with Gasteiger partial charge in [-0.1, -0.05) is 13.0 Å². The van der Waals surface area contributed by atoms with Crippen molar-refractivity contribution in [3.8, 4) is 0 Å². The number of nitrogens with two attached hydrogens (primary N) is 1. The summed E-state index contributed by atoms with van der Waals surface area (Å²) in [4.78, 5) is 8.14. The molecule has 0 radical (unpaired) electrons. The molecule has 0 aliphatic rings. The molecule has 0 unspecified atom stereocenters. The first-order valence-electron chi connectivity index (χ1n) is 5.91. The molecular weight excluding hydrogens is 287 g/mol. The maximum Gasteiger partial charge on any atom is 0.194 e. The normalized spacial score (nSPS) is 13.5. The first-order valence-corrected chi connectivity index (χ1v) is 6.79. The average Bonchev–Trinajstić information content (AvgIpc) is 2.97. The van der Waals surface area contributed by atoms with Gasteiger partial charge < -0.3 is 5.73 Å². The highest BCUT2D eigenvalue weighted by Gasteiger charge is 2.20. The predicted molar refractivity (Wildman–Crippen MR) is 72.2 cm³/mol. The summed E-state index contributed by atoms with van der Waals surface area (Å²) in [7, 11) is 0. The van der Waals surface area contributed by atoms with Crippen LogP contribution in [0.15, 0.2) is 28.7 Å². The Labute approximate surface area is 118 Å². The summed E-state index contributed by atoms with van der Waals surface area (Å²) in [6, 6.07) is 1.38. The Balaban J connectivity index is 2.39. The number of benzene rings is 1. The lowest BCUT2D eigenvalue weighted by Gasteiger charge is -2.13. The van der Waals surface area contributed by atoms with Crippen LogP contribution in [0.2, 0.25) is 0 Å². The average molecular weight is 299 g/mol. The van der Waals surface area contributed by atoms with Crippen LogP contribution in [0.4, 0.5) is 13.2 Å². The number of halogens is 3. The van der Waals surface area contributed by atoms with E-state index in [1.807, 2.05) is 0 Å². The highest BCUT2D eigenvalue weighted by Crippen LogP contribution is 2.27. The first-order chi connectivity index (χ1) is 9.54. The molecule has 0 aliphatic heterocycles. The van der Waals surface area contributed by atoms with Crippen molar-refractivity contribution in [3.05, 3.63) is 51.7 Å². The highest BCUT2D eigenvalue weighted by molar-refractivity contribution is 7.11. The molecule has 2 rings (SSSR count). The number of nitrogens with zero attached hydrogens (tertiary/aromatic N) is 2. The van der Waals surface area contributed by atoms with Crippen molar-refractivity contribution in [1.82, 2.24) is 4.98 Å². The minimum atomic E-state index is -1.50. The fourth-order valence-electron chi connectivity index (χ4n) is 1.75. The lowest BCUT2D eigenvalue weighted by molar-refractivity contribution is 0.434. The number of thiazole rings is 1. The number of hydrogen-bond donors (Lipinski definition) is 1. The molecule has 1 atom stereocenters. The van der Waals surface area contributed by atoms with E-state index in [-0.39, 0.29) is 11.4 Å². The van der Waals surface area contributed by atoms with Gasteiger partial charge in [-0.2, -0.15) is 0 Å². The van der Waals surface area contributed by atoms with E-state index in [0.29, 0.717) is 11.4 Å². The maximum absolute atomic E-state index is 13.8. The number of aromatic nitrogens is 1. The molecule has 0 saturated carbocycles. The summed E-state index contributed by atoms with van der Waals surface area (Å²) >= 11 is 1.29. The predicted octanol–water partition coefficient (Wildman–Crippen LogP) is 3.42. The van der Waals surface area contributed by atoms with E-state index in [0.717, 1.165) is 6.07 Å². The zero-order chi connectivity index (χ0) is 14.7. The molecule has 0 aliphatic carbocycles. The van der Waals surface area contributed by atoms with Crippen LogP contribution in [-0.4, -0.2) is 10.8 Å². The van der Waals surface area contributed by atoms with Crippen molar-refractivity contribution in [2.75, 3.05) is 0 Å². The van der Waals surface area contributed by atoms with E-state index in [4.69, 9.17) is 5.73 Å². The summed E-state index contributed by atoms with van der Waals surface area (Å²) in [6.45, 7) is 1.75. The van der Waals surface area contributed by atoms with Gasteiger partial charge >= 0.3 is 0 Å². The van der Waals surface area contributed by atoms with Gasteiger partial charge in [0.1, 0.15) is 0 Å². The summed E-state index contributed by atoms with van der Waals surface area (Å²) in [5, 5.41) is 2.24. The number of aliphatic imine (C=N–C) groups is 1. The Morgan fingerprint density at radius 1 is 1.35 bits per heavy atom. The molecule has 2 aromatic rings. The number of hydrogen-bond acceptors (Lipinski definition) is 3. The smallest absolute Gasteiger partial charge is 0.194 e. The van der Waals surface area contributed by atoms with Crippen LogP contribution in [-0.2, 0) is 0 Å². The van der Waals surface area contributed by atoms with Crippen LogP contribution in [0.1, 0.15) is 30.0 Å². The monoisotopic (exact) mass is 299 g/mol. The van der Waals surface area contributed by atoms with Crippen molar-refractivity contribution in [2.24, 2.45) is 10.7 Å². The van der Waals surface area contributed by atoms with Crippen LogP contribution >= 0.6 is 11.3 Å². The molecule has 1 heterocycles. The molecule has 1 aromatic carbocycles. The lowest BCUT2D eigenvalue weighted by atomic mass is 10.0. The van der Waals surface area contributed by atoms with Crippen molar-refractivity contribution < 1.29 is 13.2 Å². The standard InChI is InChI=1S/C13H12F3N3S/c1-2-9(19-12(17)13-18-5-6-20-13)7-3-4-8(14)11(16)10(7)15/h3-6,9H,2H2,1H3,(H2,17,19)/t9-/m1/s1. The van der Waals surface area contributed by atoms with Crippen molar-refractivity contribution >= 4 is 17.2 Å². The quantitative estimate of drug-likeness (QED) is 0.534. The van der Waals surface area contributed by atoms with Crippen LogP contribution in [0.25, 0.3) is 0 Å². The largest absolute Gasteiger partial charge is 0.381 e. The molecule has 2 N–H and O–H groups in total. The Hall–Kier alpha value is -1.89. The Bertz CT molecular complexity index is 626. The van der Waals surface area contributed by atoms with E-state index >= 15 is 0 Å². The molecule has 0 saturated heterocycles. The molecule has 106 valence electrons. The van der Waals surface area contributed by atoms with E-state index in [1.54, 1.807) is 18.5 Å². The second-order valence-electron chi connectivity index (χ2n) is 4.04. The highest BCUT2D eigenvalue weighted by atomic mass is 32.1. The van der Waals surface area contributed by atoms with Gasteiger partial charge in [0, 0.05) is 17.1 Å². The van der Waals surface area contributed by atoms with Crippen molar-refractivity contribution in [3.63, 3.8) is 0 Å². The Morgan fingerprint density at radius 2 is 2.10 bits per heavy atom. The lowest BCUT2D eigenvalue weighted by Crippen LogP contribution is -2.15. The molecule has 20 heavy (non-hydrogen) atoms. The summed E-state index contributed by atoms with van der Waals surface area (Å²) in [5.41, 5.74) is 5.76. The molecule has 0 bridgehead atoms. The van der Waals surface area contributed by atoms with Crippen molar-refractivity contribution in [2.45, 2.75) is 19.4 Å². The van der Waals surface area contributed by atoms with Gasteiger partial charge in [-0.05, 0) is 12.5 Å². The molecule has 1 aromatic heterocycles. The zero-order valence-electron chi connectivity index (χ0n) is 10.6. The zero-order valence-corrected chi connectivity index (χ0v) is 11.4. The maximum atomic E-state index is 13.8. The van der Waals surface area contributed by atoms with Gasteiger partial charge in [-0.25, -0.2) is 18.2 Å². The topological polar surface area (TPSA) is 51.3 Å². The minimum Gasteiger partial charge on any atom is -0.381 e. The fraction of sp³-hybridized carbons (Fsp3) is 0.231. The third kappa shape index (κ3) is 2.82. The molecule has 0 fully saturated rings. The third-order valence-corrected chi connectivity index (χ3v) is 3.55. The second kappa shape index (κ2) is 6.04. The van der Waals surface area contributed by atoms with Crippen LogP contribution < -0.4 is 5.73 Å². The van der Waals surface area contributed by atoms with E-state index in [9.17, 15) is 13.2 Å². The Kier molecular flexibility index (Phi) is 4.39. The summed E-state index contributed by atoms with van der Waals surface area (Å²) in [6.07, 6.45) is 1.97. The van der Waals surface area contributed by atoms with Gasteiger partial charge in [0.15, 0.2) is 28.3 Å². The van der Waals surface area contributed by atoms with E-state index < -0.39 is 23.5 Å². The van der Waals surface area contributed by atoms with Gasteiger partial charge in [-0.15, -0.1) is 11.3 Å². The number of rotatable bonds is 4. The van der Waals surface area contributed by atoms with Crippen molar-refractivity contribution in [1.29, 1.82) is 0 Å². The molecule has 3 nitrogen and oxygen atoms in total. The van der Waals surface area contributed by atoms with Crippen LogP contribution in [0.5, 0.6) is 0 Å². The summed E-state index contributed by atoms with van der Waals surface area (Å²) in [5.74, 6) is -3.80. The summed E-state index contributed by atoms with van der Waals surface area (Å²) < 4.78 is 39.9.